The van der Waals surface area contributed by atoms with E-state index in [9.17, 15) is 4.79 Å². The topological polar surface area (TPSA) is 41.1 Å². The second-order valence-electron chi connectivity index (χ2n) is 3.36. The van der Waals surface area contributed by atoms with Gasteiger partial charge < -0.3 is 10.6 Å². The van der Waals surface area contributed by atoms with Gasteiger partial charge >= 0.3 is 6.41 Å². The van der Waals surface area contributed by atoms with Crippen LogP contribution in [0.25, 0.3) is 0 Å². The molecule has 1 heterocycles. The van der Waals surface area contributed by atoms with Crippen molar-refractivity contribution in [1.82, 2.24) is 10.6 Å². The minimum Gasteiger partial charge on any atom is -0.348 e. The lowest BCUT2D eigenvalue weighted by molar-refractivity contribution is 0.347. The van der Waals surface area contributed by atoms with Crippen molar-refractivity contribution in [2.24, 2.45) is 5.92 Å². The molecule has 12 heavy (non-hydrogen) atoms. The smallest absolute Gasteiger partial charge is 0.309 e. The Bertz CT molecular complexity index is 122. The third-order valence-electron chi connectivity index (χ3n) is 2.45. The highest BCUT2D eigenvalue weighted by Crippen LogP contribution is 2.16. The summed E-state index contributed by atoms with van der Waals surface area (Å²) in [7, 11) is 0. The Hall–Kier alpha value is -0.570. The van der Waals surface area contributed by atoms with Gasteiger partial charge in [-0.2, -0.15) is 0 Å². The number of carbonyl (C=O) groups excluding carboxylic acids is 1. The standard InChI is InChI=1S/C9H17N2O/c12-8-11-5-1-2-9-3-6-10-7-4-9/h9-10H,1-7H2,(H,11,12). The molecule has 1 amide bonds. The van der Waals surface area contributed by atoms with E-state index in [4.69, 9.17) is 0 Å². The quantitative estimate of drug-likeness (QED) is 0.462. The Morgan fingerprint density at radius 1 is 1.42 bits per heavy atom. The van der Waals surface area contributed by atoms with Crippen LogP contribution in [0.3, 0.4) is 0 Å². The minimum atomic E-state index is 0.785. The molecule has 1 aliphatic heterocycles. The molecule has 0 aliphatic carbocycles. The molecule has 0 spiro atoms. The molecule has 0 aromatic carbocycles. The lowest BCUT2D eigenvalue weighted by Gasteiger charge is -2.22. The highest BCUT2D eigenvalue weighted by Gasteiger charge is 2.11. The third-order valence-corrected chi connectivity index (χ3v) is 2.45. The second kappa shape index (κ2) is 6.00. The molecule has 0 saturated carbocycles. The Balaban J connectivity index is 1.94. The summed E-state index contributed by atoms with van der Waals surface area (Å²) in [6.07, 6.45) is 6.63. The first-order valence-electron chi connectivity index (χ1n) is 4.74. The Morgan fingerprint density at radius 3 is 2.83 bits per heavy atom. The van der Waals surface area contributed by atoms with Gasteiger partial charge in [0, 0.05) is 6.54 Å². The van der Waals surface area contributed by atoms with Gasteiger partial charge in [-0.1, -0.05) is 0 Å². The molecule has 1 rings (SSSR count). The largest absolute Gasteiger partial charge is 0.348 e. The molecule has 0 atom stereocenters. The summed E-state index contributed by atoms with van der Waals surface area (Å²) in [6.45, 7) is 3.11. The van der Waals surface area contributed by atoms with Crippen LogP contribution in [0.2, 0.25) is 0 Å². The van der Waals surface area contributed by atoms with E-state index in [-0.39, 0.29) is 0 Å². The molecule has 3 nitrogen and oxygen atoms in total. The Morgan fingerprint density at radius 2 is 2.17 bits per heavy atom. The van der Waals surface area contributed by atoms with Crippen LogP contribution >= 0.6 is 0 Å². The average Bonchev–Trinajstić information content (AvgIpc) is 2.14. The molecule has 0 bridgehead atoms. The lowest BCUT2D eigenvalue weighted by atomic mass is 9.93. The zero-order valence-corrected chi connectivity index (χ0v) is 7.44. The summed E-state index contributed by atoms with van der Waals surface area (Å²) in [5.74, 6) is 0.875. The van der Waals surface area contributed by atoms with E-state index in [0.717, 1.165) is 32.0 Å². The summed E-state index contributed by atoms with van der Waals surface area (Å²) in [5, 5.41) is 5.90. The summed E-state index contributed by atoms with van der Waals surface area (Å²) in [4.78, 5) is 9.81. The molecule has 0 unspecified atom stereocenters. The van der Waals surface area contributed by atoms with E-state index < -0.39 is 0 Å². The molecule has 1 radical (unpaired) electrons. The van der Waals surface area contributed by atoms with Crippen molar-refractivity contribution in [1.29, 1.82) is 0 Å². The zero-order valence-electron chi connectivity index (χ0n) is 7.44. The van der Waals surface area contributed by atoms with Gasteiger partial charge in [0.25, 0.3) is 0 Å². The number of nitrogens with one attached hydrogen (secondary N) is 2. The van der Waals surface area contributed by atoms with Crippen LogP contribution in [0, 0.1) is 5.92 Å². The van der Waals surface area contributed by atoms with Crippen molar-refractivity contribution in [2.45, 2.75) is 25.7 Å². The van der Waals surface area contributed by atoms with Crippen LogP contribution in [0.5, 0.6) is 0 Å². The molecule has 1 saturated heterocycles. The van der Waals surface area contributed by atoms with E-state index >= 15 is 0 Å². The van der Waals surface area contributed by atoms with Crippen molar-refractivity contribution in [3.63, 3.8) is 0 Å². The van der Waals surface area contributed by atoms with Crippen molar-refractivity contribution in [3.8, 4) is 0 Å². The summed E-state index contributed by atoms with van der Waals surface area (Å²) in [5.41, 5.74) is 0. The van der Waals surface area contributed by atoms with E-state index in [2.05, 4.69) is 10.6 Å². The second-order valence-corrected chi connectivity index (χ2v) is 3.36. The van der Waals surface area contributed by atoms with Gasteiger partial charge in [0.2, 0.25) is 0 Å². The number of hydrogen-bond donors (Lipinski definition) is 2. The third kappa shape index (κ3) is 3.72. The van der Waals surface area contributed by atoms with Gasteiger partial charge in [0.05, 0.1) is 0 Å². The molecule has 69 valence electrons. The number of hydrogen-bond acceptors (Lipinski definition) is 2. The van der Waals surface area contributed by atoms with E-state index in [1.807, 2.05) is 0 Å². The van der Waals surface area contributed by atoms with E-state index in [0.29, 0.717) is 0 Å². The molecule has 3 heteroatoms. The van der Waals surface area contributed by atoms with Crippen LogP contribution in [0.4, 0.5) is 0 Å². The maximum atomic E-state index is 9.81. The Kier molecular flexibility index (Phi) is 4.76. The lowest BCUT2D eigenvalue weighted by Crippen LogP contribution is -2.28. The SMILES string of the molecule is O=[C]NCCCC1CCNCC1. The zero-order chi connectivity index (χ0) is 8.65. The van der Waals surface area contributed by atoms with Gasteiger partial charge in [0.1, 0.15) is 0 Å². The van der Waals surface area contributed by atoms with Gasteiger partial charge in [-0.05, 0) is 44.7 Å². The normalized spacial score (nSPS) is 19.0. The molecule has 1 aliphatic rings. The molecule has 2 N–H and O–H groups in total. The van der Waals surface area contributed by atoms with Crippen molar-refractivity contribution in [2.75, 3.05) is 19.6 Å². The summed E-state index contributed by atoms with van der Waals surface area (Å²) >= 11 is 0. The molecule has 1 fully saturated rings. The molecular formula is C9H17N2O. The maximum absolute atomic E-state index is 9.81. The maximum Gasteiger partial charge on any atom is 0.309 e. The number of amides is 1. The van der Waals surface area contributed by atoms with Gasteiger partial charge in [-0.25, -0.2) is 0 Å². The fourth-order valence-corrected chi connectivity index (χ4v) is 1.70. The fourth-order valence-electron chi connectivity index (χ4n) is 1.70. The average molecular weight is 169 g/mol. The first kappa shape index (κ1) is 9.52. The molecule has 0 aromatic heterocycles. The van der Waals surface area contributed by atoms with Gasteiger partial charge in [0.15, 0.2) is 0 Å². The van der Waals surface area contributed by atoms with Crippen LogP contribution in [0.15, 0.2) is 0 Å². The van der Waals surface area contributed by atoms with E-state index in [1.54, 1.807) is 6.41 Å². The van der Waals surface area contributed by atoms with Crippen LogP contribution < -0.4 is 10.6 Å². The fraction of sp³-hybridized carbons (Fsp3) is 0.889. The van der Waals surface area contributed by atoms with Crippen molar-refractivity contribution >= 4 is 6.41 Å². The summed E-state index contributed by atoms with van der Waals surface area (Å²) < 4.78 is 0. The van der Waals surface area contributed by atoms with E-state index in [1.165, 1.54) is 19.3 Å². The van der Waals surface area contributed by atoms with Crippen LogP contribution in [-0.2, 0) is 4.79 Å². The molecule has 0 aromatic rings. The first-order chi connectivity index (χ1) is 5.93. The van der Waals surface area contributed by atoms with Crippen molar-refractivity contribution in [3.05, 3.63) is 0 Å². The Labute approximate surface area is 73.9 Å². The van der Waals surface area contributed by atoms with Gasteiger partial charge in [-0.3, -0.25) is 4.79 Å². The van der Waals surface area contributed by atoms with Gasteiger partial charge in [-0.15, -0.1) is 0 Å². The minimum absolute atomic E-state index is 0.785. The highest BCUT2D eigenvalue weighted by molar-refractivity contribution is 5.46. The van der Waals surface area contributed by atoms with Crippen LogP contribution in [-0.4, -0.2) is 26.0 Å². The first-order valence-corrected chi connectivity index (χ1v) is 4.74. The number of rotatable bonds is 5. The van der Waals surface area contributed by atoms with Crippen LogP contribution in [0.1, 0.15) is 25.7 Å². The monoisotopic (exact) mass is 169 g/mol. The van der Waals surface area contributed by atoms with Crippen molar-refractivity contribution < 1.29 is 4.79 Å². The number of piperidine rings is 1. The highest BCUT2D eigenvalue weighted by atomic mass is 16.1. The predicted molar refractivity (Wildman–Crippen MR) is 48.5 cm³/mol. The summed E-state index contributed by atoms with van der Waals surface area (Å²) in [6, 6.07) is 0. The molecular weight excluding hydrogens is 152 g/mol. The predicted octanol–water partition coefficient (Wildman–Crippen LogP) is 0.423.